The van der Waals surface area contributed by atoms with E-state index in [0.29, 0.717) is 6.54 Å². The van der Waals surface area contributed by atoms with Crippen molar-refractivity contribution in [2.75, 3.05) is 44.8 Å². The second-order valence-electron chi connectivity index (χ2n) is 6.56. The van der Waals surface area contributed by atoms with E-state index in [-0.39, 0.29) is 12.7 Å². The summed E-state index contributed by atoms with van der Waals surface area (Å²) in [6.07, 6.45) is 0. The Balaban J connectivity index is 1.23. The normalized spacial score (nSPS) is 16.5. The van der Waals surface area contributed by atoms with Crippen LogP contribution < -0.4 is 14.8 Å². The summed E-state index contributed by atoms with van der Waals surface area (Å²) in [7, 11) is 0. The number of amides is 1. The molecule has 1 saturated heterocycles. The van der Waals surface area contributed by atoms with Gasteiger partial charge < -0.3 is 19.7 Å². The molecule has 136 valence electrons. The maximum absolute atomic E-state index is 12.5. The maximum atomic E-state index is 12.5. The fourth-order valence-corrected chi connectivity index (χ4v) is 3.29. The molecular weight excluding hydrogens is 330 g/mol. The molecule has 2 aliphatic heterocycles. The highest BCUT2D eigenvalue weighted by Crippen LogP contribution is 2.34. The Morgan fingerprint density at radius 2 is 1.73 bits per heavy atom. The minimum absolute atomic E-state index is 0.127. The monoisotopic (exact) mass is 353 g/mol. The van der Waals surface area contributed by atoms with Crippen LogP contribution in [0.4, 0.5) is 5.69 Å². The first-order valence-corrected chi connectivity index (χ1v) is 8.95. The Morgan fingerprint density at radius 3 is 2.54 bits per heavy atom. The summed E-state index contributed by atoms with van der Waals surface area (Å²) in [6.45, 7) is 4.85. The van der Waals surface area contributed by atoms with Gasteiger partial charge in [-0.05, 0) is 17.7 Å². The molecule has 0 atom stereocenters. The van der Waals surface area contributed by atoms with Gasteiger partial charge in [0, 0.05) is 44.5 Å². The zero-order chi connectivity index (χ0) is 17.8. The molecule has 0 saturated carbocycles. The van der Waals surface area contributed by atoms with Crippen LogP contribution in [-0.4, -0.2) is 55.2 Å². The molecule has 6 nitrogen and oxygen atoms in total. The summed E-state index contributed by atoms with van der Waals surface area (Å²) >= 11 is 0. The van der Waals surface area contributed by atoms with Gasteiger partial charge in [-0.1, -0.05) is 30.3 Å². The van der Waals surface area contributed by atoms with E-state index >= 15 is 0 Å². The Hall–Kier alpha value is -2.73. The number of piperazine rings is 1. The topological polar surface area (TPSA) is 54.0 Å². The molecule has 0 bridgehead atoms. The molecule has 2 aliphatic rings. The first kappa shape index (κ1) is 16.7. The number of carbonyl (C=O) groups excluding carboxylic acids is 1. The fourth-order valence-electron chi connectivity index (χ4n) is 3.29. The molecule has 2 heterocycles. The Bertz CT molecular complexity index is 758. The van der Waals surface area contributed by atoms with Gasteiger partial charge in [0.2, 0.25) is 12.7 Å². The number of hydrogen-bond donors (Lipinski definition) is 1. The average Bonchev–Trinajstić information content (AvgIpc) is 3.15. The van der Waals surface area contributed by atoms with Crippen molar-refractivity contribution in [2.24, 2.45) is 0 Å². The van der Waals surface area contributed by atoms with Crippen LogP contribution in [0.3, 0.4) is 0 Å². The number of rotatable bonds is 5. The van der Waals surface area contributed by atoms with E-state index in [9.17, 15) is 4.79 Å². The van der Waals surface area contributed by atoms with Crippen molar-refractivity contribution in [2.45, 2.75) is 6.54 Å². The lowest BCUT2D eigenvalue weighted by atomic mass is 10.2. The van der Waals surface area contributed by atoms with E-state index in [4.69, 9.17) is 9.47 Å². The van der Waals surface area contributed by atoms with Gasteiger partial charge in [-0.2, -0.15) is 0 Å². The molecule has 1 amide bonds. The molecule has 26 heavy (non-hydrogen) atoms. The molecule has 2 aromatic rings. The van der Waals surface area contributed by atoms with Gasteiger partial charge >= 0.3 is 0 Å². The van der Waals surface area contributed by atoms with Gasteiger partial charge in [0.1, 0.15) is 0 Å². The molecule has 0 aromatic heterocycles. The molecule has 4 rings (SSSR count). The lowest BCUT2D eigenvalue weighted by Gasteiger charge is -2.34. The summed E-state index contributed by atoms with van der Waals surface area (Å²) in [5.41, 5.74) is 2.18. The highest BCUT2D eigenvalue weighted by Gasteiger charge is 2.21. The summed E-state index contributed by atoms with van der Waals surface area (Å²) in [5, 5.41) is 3.18. The minimum atomic E-state index is 0.127. The Labute approximate surface area is 153 Å². The van der Waals surface area contributed by atoms with E-state index in [2.05, 4.69) is 34.5 Å². The second kappa shape index (κ2) is 7.66. The molecule has 1 N–H and O–H groups in total. The summed E-state index contributed by atoms with van der Waals surface area (Å²) in [6, 6.07) is 16.1. The van der Waals surface area contributed by atoms with E-state index < -0.39 is 0 Å². The van der Waals surface area contributed by atoms with E-state index in [1.807, 2.05) is 29.2 Å². The largest absolute Gasteiger partial charge is 0.454 e. The average molecular weight is 353 g/mol. The van der Waals surface area contributed by atoms with Crippen LogP contribution in [0.15, 0.2) is 48.5 Å². The molecular formula is C20H23N3O3. The summed E-state index contributed by atoms with van der Waals surface area (Å²) in [5.74, 6) is 1.59. The number of anilines is 1. The third kappa shape index (κ3) is 3.91. The molecule has 6 heteroatoms. The standard InChI is InChI=1S/C20H23N3O3/c24-20(13-21-17-6-7-18-19(12-17)26-15-25-18)23-10-8-22(9-11-23)14-16-4-2-1-3-5-16/h1-7,12,21H,8-11,13-15H2. The smallest absolute Gasteiger partial charge is 0.241 e. The number of benzene rings is 2. The molecule has 0 unspecified atom stereocenters. The molecule has 0 radical (unpaired) electrons. The van der Waals surface area contributed by atoms with Gasteiger partial charge in [0.05, 0.1) is 6.54 Å². The SMILES string of the molecule is O=C(CNc1ccc2c(c1)OCO2)N1CCN(Cc2ccccc2)CC1. The number of fused-ring (bicyclic) bond motifs is 1. The van der Waals surface area contributed by atoms with Crippen LogP contribution >= 0.6 is 0 Å². The van der Waals surface area contributed by atoms with Crippen molar-refractivity contribution < 1.29 is 14.3 Å². The van der Waals surface area contributed by atoms with Crippen LogP contribution in [0.5, 0.6) is 11.5 Å². The quantitative estimate of drug-likeness (QED) is 0.893. The van der Waals surface area contributed by atoms with Crippen LogP contribution in [0.2, 0.25) is 0 Å². The fraction of sp³-hybridized carbons (Fsp3) is 0.350. The van der Waals surface area contributed by atoms with Crippen molar-refractivity contribution >= 4 is 11.6 Å². The van der Waals surface area contributed by atoms with E-state index in [1.54, 1.807) is 0 Å². The van der Waals surface area contributed by atoms with Crippen molar-refractivity contribution in [1.29, 1.82) is 0 Å². The van der Waals surface area contributed by atoms with Crippen LogP contribution in [0, 0.1) is 0 Å². The van der Waals surface area contributed by atoms with Gasteiger partial charge in [0.25, 0.3) is 0 Å². The minimum Gasteiger partial charge on any atom is -0.454 e. The number of ether oxygens (including phenoxy) is 2. The first-order valence-electron chi connectivity index (χ1n) is 8.95. The van der Waals surface area contributed by atoms with Gasteiger partial charge in [-0.25, -0.2) is 0 Å². The Morgan fingerprint density at radius 1 is 0.962 bits per heavy atom. The molecule has 0 aliphatic carbocycles. The molecule has 0 spiro atoms. The predicted molar refractivity (Wildman–Crippen MR) is 99.4 cm³/mol. The highest BCUT2D eigenvalue weighted by atomic mass is 16.7. The van der Waals surface area contributed by atoms with Crippen molar-refractivity contribution in [3.05, 3.63) is 54.1 Å². The number of carbonyl (C=O) groups is 1. The maximum Gasteiger partial charge on any atom is 0.241 e. The van der Waals surface area contributed by atoms with Crippen molar-refractivity contribution in [3.63, 3.8) is 0 Å². The van der Waals surface area contributed by atoms with Gasteiger partial charge in [0.15, 0.2) is 11.5 Å². The van der Waals surface area contributed by atoms with Crippen LogP contribution in [0.25, 0.3) is 0 Å². The lowest BCUT2D eigenvalue weighted by Crippen LogP contribution is -2.49. The van der Waals surface area contributed by atoms with Gasteiger partial charge in [-0.15, -0.1) is 0 Å². The third-order valence-electron chi connectivity index (χ3n) is 4.79. The Kier molecular flexibility index (Phi) is 4.93. The zero-order valence-electron chi connectivity index (χ0n) is 14.7. The predicted octanol–water partition coefficient (Wildman–Crippen LogP) is 2.17. The molecule has 1 fully saturated rings. The summed E-state index contributed by atoms with van der Waals surface area (Å²) in [4.78, 5) is 16.8. The number of hydrogen-bond acceptors (Lipinski definition) is 5. The van der Waals surface area contributed by atoms with Crippen molar-refractivity contribution in [3.8, 4) is 11.5 Å². The number of nitrogens with one attached hydrogen (secondary N) is 1. The highest BCUT2D eigenvalue weighted by molar-refractivity contribution is 5.81. The zero-order valence-corrected chi connectivity index (χ0v) is 14.7. The second-order valence-corrected chi connectivity index (χ2v) is 6.56. The van der Waals surface area contributed by atoms with Gasteiger partial charge in [-0.3, -0.25) is 9.69 Å². The third-order valence-corrected chi connectivity index (χ3v) is 4.79. The molecule has 2 aromatic carbocycles. The lowest BCUT2D eigenvalue weighted by molar-refractivity contribution is -0.131. The van der Waals surface area contributed by atoms with Crippen molar-refractivity contribution in [1.82, 2.24) is 9.80 Å². The van der Waals surface area contributed by atoms with E-state index in [1.165, 1.54) is 5.56 Å². The van der Waals surface area contributed by atoms with E-state index in [0.717, 1.165) is 49.9 Å². The first-order chi connectivity index (χ1) is 12.8. The number of nitrogens with zero attached hydrogens (tertiary/aromatic N) is 2. The van der Waals surface area contributed by atoms with Crippen LogP contribution in [0.1, 0.15) is 5.56 Å². The van der Waals surface area contributed by atoms with Crippen LogP contribution in [-0.2, 0) is 11.3 Å². The summed E-state index contributed by atoms with van der Waals surface area (Å²) < 4.78 is 10.7.